The van der Waals surface area contributed by atoms with Gasteiger partial charge in [-0.3, -0.25) is 4.98 Å². The molecule has 0 radical (unpaired) electrons. The summed E-state index contributed by atoms with van der Waals surface area (Å²) in [5.41, 5.74) is 6.31. The number of morpholine rings is 1. The highest BCUT2D eigenvalue weighted by atomic mass is 16.5. The highest BCUT2D eigenvalue weighted by molar-refractivity contribution is 6.05. The van der Waals surface area contributed by atoms with Crippen LogP contribution < -0.4 is 9.64 Å². The first kappa shape index (κ1) is 28.6. The van der Waals surface area contributed by atoms with E-state index in [9.17, 15) is 9.90 Å². The van der Waals surface area contributed by atoms with Gasteiger partial charge < -0.3 is 24.0 Å². The molecule has 4 aromatic carbocycles. The number of carbonyl (C=O) groups is 1. The second kappa shape index (κ2) is 12.8. The molecule has 0 spiro atoms. The molecule has 2 aromatic heterocycles. The second-order valence-electron chi connectivity index (χ2n) is 11.3. The molecule has 226 valence electrons. The van der Waals surface area contributed by atoms with Crippen LogP contribution in [0.25, 0.3) is 32.8 Å². The number of fused-ring (bicyclic) bond motifs is 2. The number of aromatic carboxylic acids is 1. The number of carboxylic acid groups (broad SMARTS) is 1. The smallest absolute Gasteiger partial charge is 0.352 e. The van der Waals surface area contributed by atoms with Crippen molar-refractivity contribution in [3.05, 3.63) is 126 Å². The highest BCUT2D eigenvalue weighted by Gasteiger charge is 2.26. The van der Waals surface area contributed by atoms with Gasteiger partial charge in [-0.1, -0.05) is 72.8 Å². The second-order valence-corrected chi connectivity index (χ2v) is 11.3. The number of rotatable bonds is 10. The zero-order chi connectivity index (χ0) is 30.6. The summed E-state index contributed by atoms with van der Waals surface area (Å²) in [6, 6.07) is 32.8. The van der Waals surface area contributed by atoms with Crippen molar-refractivity contribution in [1.29, 1.82) is 0 Å². The fraction of sp³-hybridized carbons (Fsp3) is 0.211. The summed E-state index contributed by atoms with van der Waals surface area (Å²) in [7, 11) is 0. The Labute approximate surface area is 262 Å². The fourth-order valence-electron chi connectivity index (χ4n) is 6.56. The van der Waals surface area contributed by atoms with E-state index >= 15 is 0 Å². The van der Waals surface area contributed by atoms with E-state index in [1.807, 2.05) is 47.0 Å². The maximum atomic E-state index is 13.1. The maximum absolute atomic E-state index is 13.1. The summed E-state index contributed by atoms with van der Waals surface area (Å²) in [6.07, 6.45) is 4.75. The van der Waals surface area contributed by atoms with Crippen LogP contribution in [-0.2, 0) is 17.7 Å². The van der Waals surface area contributed by atoms with E-state index < -0.39 is 5.97 Å². The van der Waals surface area contributed by atoms with Crippen LogP contribution in [0.3, 0.4) is 0 Å². The number of pyridine rings is 1. The molecule has 1 saturated heterocycles. The molecule has 1 N–H and O–H groups in total. The average Bonchev–Trinajstić information content (AvgIpc) is 3.40. The number of hydrogen-bond donors (Lipinski definition) is 1. The van der Waals surface area contributed by atoms with Gasteiger partial charge in [-0.2, -0.15) is 0 Å². The number of aromatic nitrogens is 2. The van der Waals surface area contributed by atoms with Gasteiger partial charge in [0.05, 0.1) is 25.3 Å². The lowest BCUT2D eigenvalue weighted by molar-refractivity contribution is 0.0684. The predicted molar refractivity (Wildman–Crippen MR) is 178 cm³/mol. The van der Waals surface area contributed by atoms with Crippen molar-refractivity contribution in [2.45, 2.75) is 19.4 Å². The third-order valence-corrected chi connectivity index (χ3v) is 8.60. The summed E-state index contributed by atoms with van der Waals surface area (Å²) in [6.45, 7) is 3.89. The zero-order valence-electron chi connectivity index (χ0n) is 25.1. The van der Waals surface area contributed by atoms with Gasteiger partial charge in [0.15, 0.2) is 0 Å². The van der Waals surface area contributed by atoms with Gasteiger partial charge in [-0.25, -0.2) is 4.79 Å². The van der Waals surface area contributed by atoms with Crippen molar-refractivity contribution in [2.24, 2.45) is 0 Å². The van der Waals surface area contributed by atoms with E-state index in [0.717, 1.165) is 68.5 Å². The minimum atomic E-state index is -0.933. The van der Waals surface area contributed by atoms with Gasteiger partial charge in [0, 0.05) is 59.6 Å². The molecule has 7 nitrogen and oxygen atoms in total. The molecule has 0 bridgehead atoms. The van der Waals surface area contributed by atoms with Gasteiger partial charge in [0.2, 0.25) is 0 Å². The SMILES string of the molecule is O=C(O)c1c(CCCOc2cccc3ccccc23)c2cccc(-c3ccccc3N3CCOCC3)c2n1Cc1ccncc1. The summed E-state index contributed by atoms with van der Waals surface area (Å²) in [5.74, 6) is -0.0914. The van der Waals surface area contributed by atoms with Gasteiger partial charge in [0.1, 0.15) is 11.4 Å². The largest absolute Gasteiger partial charge is 0.493 e. The normalized spacial score (nSPS) is 13.4. The lowest BCUT2D eigenvalue weighted by atomic mass is 9.98. The van der Waals surface area contributed by atoms with Crippen molar-refractivity contribution in [2.75, 3.05) is 37.8 Å². The number of aryl methyl sites for hydroxylation is 1. The minimum Gasteiger partial charge on any atom is -0.493 e. The highest BCUT2D eigenvalue weighted by Crippen LogP contribution is 2.40. The van der Waals surface area contributed by atoms with Crippen LogP contribution in [0.2, 0.25) is 0 Å². The van der Waals surface area contributed by atoms with E-state index in [0.29, 0.717) is 44.9 Å². The summed E-state index contributed by atoms with van der Waals surface area (Å²) >= 11 is 0. The van der Waals surface area contributed by atoms with Crippen molar-refractivity contribution in [3.63, 3.8) is 0 Å². The molecule has 3 heterocycles. The third kappa shape index (κ3) is 5.75. The fourth-order valence-corrected chi connectivity index (χ4v) is 6.56. The first-order chi connectivity index (χ1) is 22.2. The number of ether oxygens (including phenoxy) is 2. The minimum absolute atomic E-state index is 0.322. The Hall–Kier alpha value is -5.14. The first-order valence-electron chi connectivity index (χ1n) is 15.5. The van der Waals surface area contributed by atoms with Crippen LogP contribution in [0.5, 0.6) is 5.75 Å². The maximum Gasteiger partial charge on any atom is 0.352 e. The van der Waals surface area contributed by atoms with Crippen molar-refractivity contribution < 1.29 is 19.4 Å². The summed E-state index contributed by atoms with van der Waals surface area (Å²) in [4.78, 5) is 19.6. The molecule has 0 amide bonds. The molecule has 1 aliphatic rings. The quantitative estimate of drug-likeness (QED) is 0.165. The van der Waals surface area contributed by atoms with E-state index in [-0.39, 0.29) is 0 Å². The van der Waals surface area contributed by atoms with Crippen LogP contribution in [0, 0.1) is 0 Å². The molecule has 7 heteroatoms. The average molecular weight is 598 g/mol. The van der Waals surface area contributed by atoms with Crippen LogP contribution in [0.4, 0.5) is 5.69 Å². The number of nitrogens with zero attached hydrogens (tertiary/aromatic N) is 3. The Morgan fingerprint density at radius 2 is 1.53 bits per heavy atom. The Morgan fingerprint density at radius 1 is 0.822 bits per heavy atom. The molecular weight excluding hydrogens is 562 g/mol. The van der Waals surface area contributed by atoms with Crippen molar-refractivity contribution in [3.8, 4) is 16.9 Å². The monoisotopic (exact) mass is 597 g/mol. The molecule has 0 aliphatic carbocycles. The number of para-hydroxylation sites is 2. The van der Waals surface area contributed by atoms with Crippen LogP contribution in [0.15, 0.2) is 109 Å². The third-order valence-electron chi connectivity index (χ3n) is 8.60. The molecule has 0 unspecified atom stereocenters. The van der Waals surface area contributed by atoms with E-state index in [4.69, 9.17) is 9.47 Å². The summed E-state index contributed by atoms with van der Waals surface area (Å²) < 4.78 is 13.9. The molecule has 6 aromatic rings. The molecular formula is C38H35N3O4. The number of carboxylic acids is 1. The van der Waals surface area contributed by atoms with Crippen LogP contribution in [0.1, 0.15) is 28.0 Å². The van der Waals surface area contributed by atoms with Gasteiger partial charge >= 0.3 is 5.97 Å². The number of anilines is 1. The number of benzene rings is 4. The molecule has 1 fully saturated rings. The van der Waals surface area contributed by atoms with E-state index in [1.165, 1.54) is 0 Å². The lowest BCUT2D eigenvalue weighted by Crippen LogP contribution is -2.36. The first-order valence-corrected chi connectivity index (χ1v) is 15.5. The van der Waals surface area contributed by atoms with E-state index in [1.54, 1.807) is 12.4 Å². The van der Waals surface area contributed by atoms with Crippen molar-refractivity contribution >= 4 is 33.3 Å². The Balaban J connectivity index is 1.30. The summed E-state index contributed by atoms with van der Waals surface area (Å²) in [5, 5.41) is 13.9. The lowest BCUT2D eigenvalue weighted by Gasteiger charge is -2.31. The van der Waals surface area contributed by atoms with Crippen LogP contribution in [-0.4, -0.2) is 53.5 Å². The Morgan fingerprint density at radius 3 is 2.38 bits per heavy atom. The van der Waals surface area contributed by atoms with Crippen LogP contribution >= 0.6 is 0 Å². The molecule has 45 heavy (non-hydrogen) atoms. The van der Waals surface area contributed by atoms with Gasteiger partial charge in [0.25, 0.3) is 0 Å². The molecule has 0 saturated carbocycles. The van der Waals surface area contributed by atoms with Gasteiger partial charge in [-0.05, 0) is 53.6 Å². The molecule has 1 aliphatic heterocycles. The predicted octanol–water partition coefficient (Wildman–Crippen LogP) is 7.45. The van der Waals surface area contributed by atoms with Crippen molar-refractivity contribution in [1.82, 2.24) is 9.55 Å². The van der Waals surface area contributed by atoms with Gasteiger partial charge in [-0.15, -0.1) is 0 Å². The molecule has 0 atom stereocenters. The Kier molecular flexibility index (Phi) is 8.17. The topological polar surface area (TPSA) is 76.8 Å². The standard InChI is InChI=1S/C38H35N3O4/c42-38(43)37-33(14-7-23-45-35-16-5-9-28-8-1-2-10-29(28)35)32-13-6-12-31(36(32)41(37)26-27-17-19-39-20-18-27)30-11-3-4-15-34(30)40-21-24-44-25-22-40/h1-6,8-13,15-20H,7,14,21-26H2,(H,42,43). The molecule has 7 rings (SSSR count). The van der Waals surface area contributed by atoms with E-state index in [2.05, 4.69) is 64.5 Å². The number of hydrogen-bond acceptors (Lipinski definition) is 5. The Bertz CT molecular complexity index is 1960. The zero-order valence-corrected chi connectivity index (χ0v) is 25.1.